The van der Waals surface area contributed by atoms with E-state index in [1.807, 2.05) is 13.8 Å². The zero-order valence-electron chi connectivity index (χ0n) is 10.9. The summed E-state index contributed by atoms with van der Waals surface area (Å²) in [5, 5.41) is 11.7. The van der Waals surface area contributed by atoms with Crippen LogP contribution in [-0.4, -0.2) is 24.2 Å². The normalized spacial score (nSPS) is 11.8. The molecule has 0 aliphatic heterocycles. The fourth-order valence-corrected chi connectivity index (χ4v) is 1.42. The second kappa shape index (κ2) is 6.68. The molecule has 1 rings (SSSR count). The van der Waals surface area contributed by atoms with Gasteiger partial charge in [-0.15, -0.1) is 0 Å². The minimum atomic E-state index is -0.493. The molecule has 0 radical (unpaired) electrons. The number of rotatable bonds is 5. The van der Waals surface area contributed by atoms with Crippen LogP contribution < -0.4 is 5.32 Å². The monoisotopic (exact) mass is 285 g/mol. The molecule has 0 aromatic heterocycles. The van der Waals surface area contributed by atoms with Crippen LogP contribution in [0.5, 0.6) is 0 Å². The number of nitrogens with one attached hydrogen (secondary N) is 1. The second-order valence-electron chi connectivity index (χ2n) is 5.05. The molecule has 1 aromatic carbocycles. The van der Waals surface area contributed by atoms with E-state index in [1.54, 1.807) is 6.08 Å². The lowest BCUT2D eigenvalue weighted by Gasteiger charge is -2.21. The molecule has 2 N–H and O–H groups in total. The van der Waals surface area contributed by atoms with Gasteiger partial charge in [0.25, 0.3) is 0 Å². The van der Waals surface area contributed by atoms with Crippen LogP contribution in [0.25, 0.3) is 6.08 Å². The molecule has 0 fully saturated rings. The van der Waals surface area contributed by atoms with Gasteiger partial charge in [0.05, 0.1) is 5.02 Å². The van der Waals surface area contributed by atoms with Gasteiger partial charge in [-0.3, -0.25) is 4.79 Å². The van der Waals surface area contributed by atoms with Crippen molar-refractivity contribution in [2.75, 3.05) is 13.2 Å². The maximum atomic E-state index is 12.9. The molecule has 104 valence electrons. The molecule has 0 spiro atoms. The Morgan fingerprint density at radius 1 is 1.53 bits per heavy atom. The highest BCUT2D eigenvalue weighted by Crippen LogP contribution is 2.16. The number of aliphatic hydroxyl groups excluding tert-OH is 1. The third-order valence-electron chi connectivity index (χ3n) is 2.54. The first-order chi connectivity index (χ1) is 8.84. The molecule has 0 bridgehead atoms. The van der Waals surface area contributed by atoms with Gasteiger partial charge in [0.15, 0.2) is 0 Å². The Kier molecular flexibility index (Phi) is 5.51. The van der Waals surface area contributed by atoms with Gasteiger partial charge in [0.1, 0.15) is 5.82 Å². The first-order valence-corrected chi connectivity index (χ1v) is 6.24. The van der Waals surface area contributed by atoms with Crippen molar-refractivity contribution in [1.29, 1.82) is 0 Å². The molecule has 0 saturated carbocycles. The lowest BCUT2D eigenvalue weighted by Crippen LogP contribution is -2.35. The first kappa shape index (κ1) is 15.7. The van der Waals surface area contributed by atoms with E-state index in [-0.39, 0.29) is 23.0 Å². The second-order valence-corrected chi connectivity index (χ2v) is 5.45. The van der Waals surface area contributed by atoms with E-state index in [9.17, 15) is 9.18 Å². The molecule has 3 nitrogen and oxygen atoms in total. The fourth-order valence-electron chi connectivity index (χ4n) is 1.23. The summed E-state index contributed by atoms with van der Waals surface area (Å²) < 4.78 is 12.9. The molecule has 19 heavy (non-hydrogen) atoms. The van der Waals surface area contributed by atoms with Crippen LogP contribution in [0.4, 0.5) is 4.39 Å². The molecule has 1 aromatic rings. The summed E-state index contributed by atoms with van der Waals surface area (Å²) in [5.74, 6) is -0.769. The molecular weight excluding hydrogens is 269 g/mol. The predicted molar refractivity (Wildman–Crippen MR) is 74.3 cm³/mol. The third kappa shape index (κ3) is 5.41. The van der Waals surface area contributed by atoms with Crippen molar-refractivity contribution in [1.82, 2.24) is 5.32 Å². The van der Waals surface area contributed by atoms with Crippen LogP contribution in [0.1, 0.15) is 19.4 Å². The maximum Gasteiger partial charge on any atom is 0.244 e. The summed E-state index contributed by atoms with van der Waals surface area (Å²) in [4.78, 5) is 11.5. The summed E-state index contributed by atoms with van der Waals surface area (Å²) in [6.45, 7) is 4.05. The van der Waals surface area contributed by atoms with Crippen molar-refractivity contribution in [3.05, 3.63) is 40.7 Å². The van der Waals surface area contributed by atoms with Gasteiger partial charge in [-0.25, -0.2) is 4.39 Å². The van der Waals surface area contributed by atoms with Gasteiger partial charge in [0.2, 0.25) is 5.91 Å². The van der Waals surface area contributed by atoms with E-state index in [0.717, 1.165) is 0 Å². The summed E-state index contributed by atoms with van der Waals surface area (Å²) in [6, 6.07) is 4.22. The average Bonchev–Trinajstić information content (AvgIpc) is 2.38. The standard InChI is InChI=1S/C14H17ClFNO2/c1-14(2,9-18)8-17-13(19)6-4-10-3-5-12(16)11(15)7-10/h3-7,18H,8-9H2,1-2H3,(H,17,19)/b6-4+. The van der Waals surface area contributed by atoms with E-state index in [0.29, 0.717) is 12.1 Å². The van der Waals surface area contributed by atoms with Crippen molar-refractivity contribution in [3.63, 3.8) is 0 Å². The van der Waals surface area contributed by atoms with Gasteiger partial charge >= 0.3 is 0 Å². The lowest BCUT2D eigenvalue weighted by molar-refractivity contribution is -0.116. The number of hydrogen-bond donors (Lipinski definition) is 2. The highest BCUT2D eigenvalue weighted by atomic mass is 35.5. The van der Waals surface area contributed by atoms with Crippen molar-refractivity contribution < 1.29 is 14.3 Å². The van der Waals surface area contributed by atoms with Crippen molar-refractivity contribution in [2.24, 2.45) is 5.41 Å². The quantitative estimate of drug-likeness (QED) is 0.817. The van der Waals surface area contributed by atoms with E-state index >= 15 is 0 Å². The van der Waals surface area contributed by atoms with Crippen molar-refractivity contribution in [3.8, 4) is 0 Å². The number of hydrogen-bond acceptors (Lipinski definition) is 2. The van der Waals surface area contributed by atoms with Crippen molar-refractivity contribution in [2.45, 2.75) is 13.8 Å². The smallest absolute Gasteiger partial charge is 0.244 e. The van der Waals surface area contributed by atoms with Crippen LogP contribution in [0.2, 0.25) is 5.02 Å². The minimum absolute atomic E-state index is 0.00936. The largest absolute Gasteiger partial charge is 0.396 e. The minimum Gasteiger partial charge on any atom is -0.396 e. The zero-order chi connectivity index (χ0) is 14.5. The van der Waals surface area contributed by atoms with Crippen LogP contribution in [0.15, 0.2) is 24.3 Å². The highest BCUT2D eigenvalue weighted by Gasteiger charge is 2.16. The van der Waals surface area contributed by atoms with Gasteiger partial charge in [-0.2, -0.15) is 0 Å². The summed E-state index contributed by atoms with van der Waals surface area (Å²) in [5.41, 5.74) is 0.283. The maximum absolute atomic E-state index is 12.9. The Balaban J connectivity index is 2.56. The number of carbonyl (C=O) groups excluding carboxylic acids is 1. The molecule has 0 atom stereocenters. The Labute approximate surface area is 117 Å². The predicted octanol–water partition coefficient (Wildman–Crippen LogP) is 2.63. The van der Waals surface area contributed by atoms with E-state index in [4.69, 9.17) is 16.7 Å². The van der Waals surface area contributed by atoms with Crippen LogP contribution >= 0.6 is 11.6 Å². The van der Waals surface area contributed by atoms with Gasteiger partial charge in [0, 0.05) is 24.6 Å². The van der Waals surface area contributed by atoms with Crippen LogP contribution in [0.3, 0.4) is 0 Å². The molecule has 0 aliphatic rings. The average molecular weight is 286 g/mol. The van der Waals surface area contributed by atoms with E-state index in [2.05, 4.69) is 5.32 Å². The first-order valence-electron chi connectivity index (χ1n) is 5.86. The van der Waals surface area contributed by atoms with Crippen LogP contribution in [0, 0.1) is 11.2 Å². The Morgan fingerprint density at radius 2 is 2.21 bits per heavy atom. The fraction of sp³-hybridized carbons (Fsp3) is 0.357. The Hall–Kier alpha value is -1.39. The molecule has 0 heterocycles. The van der Waals surface area contributed by atoms with E-state index < -0.39 is 5.82 Å². The van der Waals surface area contributed by atoms with Crippen molar-refractivity contribution >= 4 is 23.6 Å². The molecule has 1 amide bonds. The van der Waals surface area contributed by atoms with Gasteiger partial charge in [-0.1, -0.05) is 31.5 Å². The number of aliphatic hydroxyl groups is 1. The molecule has 5 heteroatoms. The molecule has 0 aliphatic carbocycles. The third-order valence-corrected chi connectivity index (χ3v) is 2.83. The SMILES string of the molecule is CC(C)(CO)CNC(=O)/C=C/c1ccc(F)c(Cl)c1. The molecule has 0 unspecified atom stereocenters. The molecular formula is C14H17ClFNO2. The molecule has 0 saturated heterocycles. The van der Waals surface area contributed by atoms with Gasteiger partial charge < -0.3 is 10.4 Å². The zero-order valence-corrected chi connectivity index (χ0v) is 11.7. The van der Waals surface area contributed by atoms with E-state index in [1.165, 1.54) is 24.3 Å². The summed E-state index contributed by atoms with van der Waals surface area (Å²) in [7, 11) is 0. The number of carbonyl (C=O) groups is 1. The summed E-state index contributed by atoms with van der Waals surface area (Å²) >= 11 is 5.63. The number of halogens is 2. The number of amides is 1. The Morgan fingerprint density at radius 3 is 2.79 bits per heavy atom. The van der Waals surface area contributed by atoms with Crippen LogP contribution in [-0.2, 0) is 4.79 Å². The number of benzene rings is 1. The highest BCUT2D eigenvalue weighted by molar-refractivity contribution is 6.30. The Bertz CT molecular complexity index is 486. The summed E-state index contributed by atoms with van der Waals surface area (Å²) in [6.07, 6.45) is 2.89. The lowest BCUT2D eigenvalue weighted by atomic mass is 9.95. The van der Waals surface area contributed by atoms with Gasteiger partial charge in [-0.05, 0) is 23.8 Å². The topological polar surface area (TPSA) is 49.3 Å².